The Bertz CT molecular complexity index is 476. The highest BCUT2D eigenvalue weighted by Gasteiger charge is 2.29. The Balaban J connectivity index is 2.17. The van der Waals surface area contributed by atoms with Crippen molar-refractivity contribution < 1.29 is 15.0 Å². The zero-order valence-corrected chi connectivity index (χ0v) is 11.8. The van der Waals surface area contributed by atoms with E-state index in [9.17, 15) is 15.0 Å². The third-order valence-electron chi connectivity index (χ3n) is 4.02. The predicted octanol–water partition coefficient (Wildman–Crippen LogP) is 0.196. The number of nitrogens with one attached hydrogen (secondary N) is 2. The average Bonchev–Trinajstić information content (AvgIpc) is 2.52. The summed E-state index contributed by atoms with van der Waals surface area (Å²) in [6.07, 6.45) is 1.45. The van der Waals surface area contributed by atoms with Gasteiger partial charge in [0.25, 0.3) is 5.91 Å². The second kappa shape index (κ2) is 6.35. The van der Waals surface area contributed by atoms with E-state index in [4.69, 9.17) is 0 Å². The Hall–Kier alpha value is -1.43. The fourth-order valence-electron chi connectivity index (χ4n) is 2.38. The number of rotatable bonds is 5. The van der Waals surface area contributed by atoms with E-state index in [0.29, 0.717) is 12.0 Å². The number of amides is 1. The molecule has 1 aliphatic rings. The number of fused-ring (bicyclic) bond motifs is 1. The van der Waals surface area contributed by atoms with Gasteiger partial charge in [-0.25, -0.2) is 0 Å². The molecule has 1 aromatic rings. The maximum absolute atomic E-state index is 12.3. The number of hydrogen-bond donors (Lipinski definition) is 4. The van der Waals surface area contributed by atoms with E-state index in [1.165, 1.54) is 5.56 Å². The Morgan fingerprint density at radius 1 is 1.35 bits per heavy atom. The van der Waals surface area contributed by atoms with Gasteiger partial charge in [0.2, 0.25) is 0 Å². The Kier molecular flexibility index (Phi) is 4.75. The van der Waals surface area contributed by atoms with Crippen LogP contribution in [0.4, 0.5) is 0 Å². The molecule has 0 saturated carbocycles. The van der Waals surface area contributed by atoms with Gasteiger partial charge >= 0.3 is 0 Å². The minimum absolute atomic E-state index is 0.261. The summed E-state index contributed by atoms with van der Waals surface area (Å²) < 4.78 is 0. The number of aliphatic hydroxyl groups is 2. The van der Waals surface area contributed by atoms with Crippen molar-refractivity contribution in [2.45, 2.75) is 31.8 Å². The Morgan fingerprint density at radius 2 is 2.10 bits per heavy atom. The summed E-state index contributed by atoms with van der Waals surface area (Å²) in [6.45, 7) is 3.00. The highest BCUT2D eigenvalue weighted by atomic mass is 16.3. The molecule has 5 heteroatoms. The third kappa shape index (κ3) is 3.00. The molecule has 0 bridgehead atoms. The largest absolute Gasteiger partial charge is 0.394 e. The van der Waals surface area contributed by atoms with Crippen molar-refractivity contribution in [2.24, 2.45) is 0 Å². The predicted molar refractivity (Wildman–Crippen MR) is 76.5 cm³/mol. The molecule has 0 saturated heterocycles. The van der Waals surface area contributed by atoms with Gasteiger partial charge in [-0.15, -0.1) is 0 Å². The molecule has 0 aromatic heterocycles. The quantitative estimate of drug-likeness (QED) is 0.620. The number of aliphatic hydroxyl groups excluding tert-OH is 2. The van der Waals surface area contributed by atoms with Crippen LogP contribution in [-0.4, -0.2) is 41.4 Å². The lowest BCUT2D eigenvalue weighted by molar-refractivity contribution is 0.0653. The first-order valence-corrected chi connectivity index (χ1v) is 7.01. The van der Waals surface area contributed by atoms with Crippen LogP contribution in [0, 0.1) is 0 Å². The van der Waals surface area contributed by atoms with Gasteiger partial charge in [0.05, 0.1) is 18.8 Å². The number of carbonyl (C=O) groups excluding carboxylic acids is 1. The first-order valence-electron chi connectivity index (χ1n) is 7.01. The summed E-state index contributed by atoms with van der Waals surface area (Å²) >= 11 is 0. The molecule has 4 N–H and O–H groups in total. The van der Waals surface area contributed by atoms with Gasteiger partial charge in [-0.05, 0) is 42.6 Å². The van der Waals surface area contributed by atoms with Crippen LogP contribution in [0.3, 0.4) is 0 Å². The van der Waals surface area contributed by atoms with Gasteiger partial charge < -0.3 is 20.8 Å². The molecule has 1 aliphatic heterocycles. The third-order valence-corrected chi connectivity index (χ3v) is 4.02. The van der Waals surface area contributed by atoms with Crippen LogP contribution in [0.15, 0.2) is 18.2 Å². The van der Waals surface area contributed by atoms with Gasteiger partial charge in [0, 0.05) is 12.1 Å². The van der Waals surface area contributed by atoms with E-state index in [0.717, 1.165) is 25.1 Å². The van der Waals surface area contributed by atoms with Crippen molar-refractivity contribution in [1.29, 1.82) is 0 Å². The first kappa shape index (κ1) is 15.0. The van der Waals surface area contributed by atoms with Crippen molar-refractivity contribution in [1.82, 2.24) is 10.6 Å². The van der Waals surface area contributed by atoms with Crippen LogP contribution in [-0.2, 0) is 13.0 Å². The van der Waals surface area contributed by atoms with Gasteiger partial charge in [-0.3, -0.25) is 4.79 Å². The zero-order chi connectivity index (χ0) is 14.6. The number of carbonyl (C=O) groups is 1. The van der Waals surface area contributed by atoms with Crippen LogP contribution in [0.2, 0.25) is 0 Å². The SMILES string of the molecule is CCC(CO)(CO)NC(=O)c1ccc2c(c1)CNCC2. The minimum atomic E-state index is -0.953. The maximum Gasteiger partial charge on any atom is 0.251 e. The van der Waals surface area contributed by atoms with E-state index in [1.54, 1.807) is 6.07 Å². The summed E-state index contributed by atoms with van der Waals surface area (Å²) in [5.74, 6) is -0.261. The lowest BCUT2D eigenvalue weighted by Gasteiger charge is -2.30. The van der Waals surface area contributed by atoms with Crippen LogP contribution in [0.5, 0.6) is 0 Å². The van der Waals surface area contributed by atoms with Crippen molar-refractivity contribution in [3.63, 3.8) is 0 Å². The Labute approximate surface area is 119 Å². The molecule has 1 amide bonds. The summed E-state index contributed by atoms with van der Waals surface area (Å²) in [5.41, 5.74) is 2.02. The number of benzene rings is 1. The topological polar surface area (TPSA) is 81.6 Å². The van der Waals surface area contributed by atoms with E-state index < -0.39 is 5.54 Å². The molecule has 1 heterocycles. The lowest BCUT2D eigenvalue weighted by atomic mass is 9.95. The second-order valence-corrected chi connectivity index (χ2v) is 5.31. The highest BCUT2D eigenvalue weighted by molar-refractivity contribution is 5.95. The number of hydrogen-bond acceptors (Lipinski definition) is 4. The Morgan fingerprint density at radius 3 is 2.75 bits per heavy atom. The summed E-state index contributed by atoms with van der Waals surface area (Å²) in [7, 11) is 0. The van der Waals surface area contributed by atoms with Gasteiger partial charge in [0.15, 0.2) is 0 Å². The molecule has 110 valence electrons. The molecule has 20 heavy (non-hydrogen) atoms. The van der Waals surface area contributed by atoms with Crippen molar-refractivity contribution in [3.05, 3.63) is 34.9 Å². The van der Waals surface area contributed by atoms with Crippen molar-refractivity contribution in [2.75, 3.05) is 19.8 Å². The van der Waals surface area contributed by atoms with Crippen LogP contribution >= 0.6 is 0 Å². The zero-order valence-electron chi connectivity index (χ0n) is 11.8. The van der Waals surface area contributed by atoms with Crippen LogP contribution < -0.4 is 10.6 Å². The van der Waals surface area contributed by atoms with Crippen molar-refractivity contribution >= 4 is 5.91 Å². The fraction of sp³-hybridized carbons (Fsp3) is 0.533. The highest BCUT2D eigenvalue weighted by Crippen LogP contribution is 2.17. The molecule has 2 rings (SSSR count). The average molecular weight is 278 g/mol. The molecule has 0 unspecified atom stereocenters. The standard InChI is InChI=1S/C15H22N2O3/c1-2-15(9-18,10-19)17-14(20)12-4-3-11-5-6-16-8-13(11)7-12/h3-4,7,16,18-19H,2,5-6,8-10H2,1H3,(H,17,20). The fourth-order valence-corrected chi connectivity index (χ4v) is 2.38. The molecule has 0 atom stereocenters. The monoisotopic (exact) mass is 278 g/mol. The van der Waals surface area contributed by atoms with Gasteiger partial charge in [-0.2, -0.15) is 0 Å². The van der Waals surface area contributed by atoms with Gasteiger partial charge in [0.1, 0.15) is 0 Å². The van der Waals surface area contributed by atoms with Crippen LogP contribution in [0.25, 0.3) is 0 Å². The first-order chi connectivity index (χ1) is 9.64. The normalized spacial score (nSPS) is 14.8. The molecule has 0 fully saturated rings. The summed E-state index contributed by atoms with van der Waals surface area (Å²) in [5, 5.41) is 24.8. The molecule has 0 aliphatic carbocycles. The van der Waals surface area contributed by atoms with Gasteiger partial charge in [-0.1, -0.05) is 13.0 Å². The molecule has 1 aromatic carbocycles. The second-order valence-electron chi connectivity index (χ2n) is 5.31. The molecule has 0 spiro atoms. The van der Waals surface area contributed by atoms with Crippen molar-refractivity contribution in [3.8, 4) is 0 Å². The maximum atomic E-state index is 12.3. The minimum Gasteiger partial charge on any atom is -0.394 e. The molecule has 0 radical (unpaired) electrons. The van der Waals surface area contributed by atoms with Crippen LogP contribution in [0.1, 0.15) is 34.8 Å². The smallest absolute Gasteiger partial charge is 0.251 e. The molecular formula is C15H22N2O3. The molecule has 5 nitrogen and oxygen atoms in total. The summed E-state index contributed by atoms with van der Waals surface area (Å²) in [6, 6.07) is 5.66. The summed E-state index contributed by atoms with van der Waals surface area (Å²) in [4.78, 5) is 12.3. The van der Waals surface area contributed by atoms with E-state index in [1.807, 2.05) is 19.1 Å². The van der Waals surface area contributed by atoms with E-state index in [2.05, 4.69) is 10.6 Å². The lowest BCUT2D eigenvalue weighted by Crippen LogP contribution is -2.53. The molecular weight excluding hydrogens is 256 g/mol. The van der Waals surface area contributed by atoms with E-state index >= 15 is 0 Å². The van der Waals surface area contributed by atoms with E-state index in [-0.39, 0.29) is 19.1 Å².